The Morgan fingerprint density at radius 2 is 1.86 bits per heavy atom. The van der Waals surface area contributed by atoms with Crippen LogP contribution in [0.4, 0.5) is 14.6 Å². The first-order valence-corrected chi connectivity index (χ1v) is 8.29. The minimum atomic E-state index is -1.08. The molecule has 0 bridgehead atoms. The lowest BCUT2D eigenvalue weighted by molar-refractivity contribution is 0.101. The fourth-order valence-corrected chi connectivity index (χ4v) is 2.85. The van der Waals surface area contributed by atoms with Crippen molar-refractivity contribution < 1.29 is 18.0 Å². The Labute approximate surface area is 161 Å². The van der Waals surface area contributed by atoms with Gasteiger partial charge in [-0.3, -0.25) is 14.8 Å². The molecule has 7 nitrogen and oxygen atoms in total. The number of rotatable bonds is 3. The van der Waals surface area contributed by atoms with Gasteiger partial charge in [-0.2, -0.15) is 0 Å². The first-order chi connectivity index (χ1) is 13.4. The van der Waals surface area contributed by atoms with Gasteiger partial charge in [-0.1, -0.05) is 11.6 Å². The zero-order valence-corrected chi connectivity index (χ0v) is 15.0. The zero-order chi connectivity index (χ0) is 19.8. The maximum absolute atomic E-state index is 13.6. The lowest BCUT2D eigenvalue weighted by Gasteiger charge is -2.07. The molecule has 140 valence electrons. The van der Waals surface area contributed by atoms with Crippen LogP contribution in [-0.2, 0) is 0 Å². The lowest BCUT2D eigenvalue weighted by Crippen LogP contribution is -2.17. The summed E-state index contributed by atoms with van der Waals surface area (Å²) in [5.41, 5.74) is 1.38. The van der Waals surface area contributed by atoms with Gasteiger partial charge in [0.25, 0.3) is 5.91 Å². The molecule has 0 saturated heterocycles. The number of nitrogens with one attached hydrogen (secondary N) is 1. The second kappa shape index (κ2) is 6.93. The Hall–Kier alpha value is -3.46. The Balaban J connectivity index is 1.61. The van der Waals surface area contributed by atoms with Gasteiger partial charge in [0.05, 0.1) is 35.5 Å². The van der Waals surface area contributed by atoms with E-state index in [-0.39, 0.29) is 5.82 Å². The van der Waals surface area contributed by atoms with E-state index in [2.05, 4.69) is 25.3 Å². The van der Waals surface area contributed by atoms with Crippen molar-refractivity contribution >= 4 is 34.4 Å². The average molecular weight is 402 g/mol. The fourth-order valence-electron chi connectivity index (χ4n) is 2.60. The Morgan fingerprint density at radius 1 is 1.11 bits per heavy atom. The number of aryl methyl sites for hydroxylation is 1. The summed E-state index contributed by atoms with van der Waals surface area (Å²) in [6.07, 6.45) is 4.10. The summed E-state index contributed by atoms with van der Waals surface area (Å²) < 4.78 is 32.8. The van der Waals surface area contributed by atoms with Gasteiger partial charge in [0.1, 0.15) is 11.1 Å². The number of hydrogen-bond donors (Lipinski definition) is 1. The Morgan fingerprint density at radius 3 is 2.54 bits per heavy atom. The third-order valence-electron chi connectivity index (χ3n) is 3.83. The Kier molecular flexibility index (Phi) is 4.44. The van der Waals surface area contributed by atoms with Crippen LogP contribution in [0.2, 0.25) is 5.02 Å². The summed E-state index contributed by atoms with van der Waals surface area (Å²) in [7, 11) is 0. The van der Waals surface area contributed by atoms with Gasteiger partial charge in [-0.15, -0.1) is 0 Å². The van der Waals surface area contributed by atoms with Crippen LogP contribution >= 0.6 is 11.6 Å². The number of nitrogens with zero attached hydrogens (tertiary/aromatic N) is 4. The third kappa shape index (κ3) is 3.27. The maximum Gasteiger partial charge on any atom is 0.262 e. The van der Waals surface area contributed by atoms with E-state index in [0.717, 1.165) is 12.4 Å². The molecule has 1 N–H and O–H groups in total. The number of hydrogen-bond acceptors (Lipinski definition) is 6. The molecule has 0 saturated carbocycles. The van der Waals surface area contributed by atoms with Gasteiger partial charge >= 0.3 is 0 Å². The molecule has 0 atom stereocenters. The van der Waals surface area contributed by atoms with Crippen molar-refractivity contribution in [2.24, 2.45) is 0 Å². The molecule has 0 unspecified atom stereocenters. The first kappa shape index (κ1) is 17.9. The smallest absolute Gasteiger partial charge is 0.262 e. The van der Waals surface area contributed by atoms with Crippen molar-refractivity contribution in [3.05, 3.63) is 65.0 Å². The van der Waals surface area contributed by atoms with E-state index >= 15 is 0 Å². The number of anilines is 1. The highest BCUT2D eigenvalue weighted by Crippen LogP contribution is 2.31. The summed E-state index contributed by atoms with van der Waals surface area (Å²) in [6.45, 7) is 1.72. The molecule has 0 fully saturated rings. The predicted octanol–water partition coefficient (Wildman–Crippen LogP) is 4.17. The standard InChI is InChI=1S/C18H10ClF2N5O2/c1-8-25-13-3-10(19)9(2-15(13)28-8)14-6-24-16(7-23-14)26-18(27)17-11(20)4-22-5-12(17)21/h2-7H,1H3,(H,24,26,27). The van der Waals surface area contributed by atoms with E-state index in [0.29, 0.717) is 33.3 Å². The molecular weight excluding hydrogens is 392 g/mol. The molecule has 1 aromatic carbocycles. The molecule has 0 aliphatic carbocycles. The van der Waals surface area contributed by atoms with Crippen LogP contribution in [0.3, 0.4) is 0 Å². The van der Waals surface area contributed by atoms with E-state index in [4.69, 9.17) is 16.0 Å². The van der Waals surface area contributed by atoms with Gasteiger partial charge in [-0.05, 0) is 12.1 Å². The van der Waals surface area contributed by atoms with Gasteiger partial charge in [0.15, 0.2) is 28.9 Å². The van der Waals surface area contributed by atoms with E-state index < -0.39 is 23.1 Å². The van der Waals surface area contributed by atoms with Gasteiger partial charge in [0, 0.05) is 12.5 Å². The number of fused-ring (bicyclic) bond motifs is 1. The number of pyridine rings is 1. The second-order valence-corrected chi connectivity index (χ2v) is 6.16. The van der Waals surface area contributed by atoms with Crippen molar-refractivity contribution in [1.82, 2.24) is 19.9 Å². The summed E-state index contributed by atoms with van der Waals surface area (Å²) in [5, 5.41) is 2.68. The van der Waals surface area contributed by atoms with Crippen molar-refractivity contribution in [2.75, 3.05) is 5.32 Å². The van der Waals surface area contributed by atoms with E-state index in [1.807, 2.05) is 0 Å². The predicted molar refractivity (Wildman–Crippen MR) is 96.9 cm³/mol. The molecule has 0 aliphatic rings. The quantitative estimate of drug-likeness (QED) is 0.553. The molecule has 4 aromatic rings. The van der Waals surface area contributed by atoms with Crippen LogP contribution < -0.4 is 5.32 Å². The first-order valence-electron chi connectivity index (χ1n) is 7.92. The summed E-state index contributed by atoms with van der Waals surface area (Å²) in [6, 6.07) is 3.33. The number of halogens is 3. The zero-order valence-electron chi connectivity index (χ0n) is 14.2. The molecule has 1 amide bonds. The molecule has 0 spiro atoms. The molecular formula is C18H10ClF2N5O2. The van der Waals surface area contributed by atoms with Crippen LogP contribution in [0.25, 0.3) is 22.4 Å². The number of amides is 1. The lowest BCUT2D eigenvalue weighted by atomic mass is 10.1. The number of benzene rings is 1. The highest BCUT2D eigenvalue weighted by atomic mass is 35.5. The van der Waals surface area contributed by atoms with Crippen LogP contribution in [0.5, 0.6) is 0 Å². The monoisotopic (exact) mass is 401 g/mol. The van der Waals surface area contributed by atoms with E-state index in [1.54, 1.807) is 19.1 Å². The highest BCUT2D eigenvalue weighted by molar-refractivity contribution is 6.34. The molecule has 28 heavy (non-hydrogen) atoms. The summed E-state index contributed by atoms with van der Waals surface area (Å²) >= 11 is 6.28. The summed E-state index contributed by atoms with van der Waals surface area (Å²) in [5.74, 6) is -2.65. The number of aromatic nitrogens is 4. The molecule has 0 aliphatic heterocycles. The fraction of sp³-hybridized carbons (Fsp3) is 0.0556. The Bertz CT molecular complexity index is 1190. The maximum atomic E-state index is 13.6. The minimum Gasteiger partial charge on any atom is -0.441 e. The molecule has 10 heteroatoms. The second-order valence-electron chi connectivity index (χ2n) is 5.75. The van der Waals surface area contributed by atoms with Crippen LogP contribution in [0.15, 0.2) is 41.3 Å². The molecule has 4 rings (SSSR count). The number of carbonyl (C=O) groups is 1. The van der Waals surface area contributed by atoms with E-state index in [1.165, 1.54) is 12.4 Å². The molecule has 3 heterocycles. The van der Waals surface area contributed by atoms with Crippen LogP contribution in [-0.4, -0.2) is 25.8 Å². The number of carbonyl (C=O) groups excluding carboxylic acids is 1. The SMILES string of the molecule is Cc1nc2cc(Cl)c(-c3cnc(NC(=O)c4c(F)cncc4F)cn3)cc2o1. The number of oxazole rings is 1. The molecule has 3 aromatic heterocycles. The van der Waals surface area contributed by atoms with Crippen molar-refractivity contribution in [3.8, 4) is 11.3 Å². The topological polar surface area (TPSA) is 93.8 Å². The average Bonchev–Trinajstić information content (AvgIpc) is 3.00. The van der Waals surface area contributed by atoms with E-state index in [9.17, 15) is 13.6 Å². The summed E-state index contributed by atoms with van der Waals surface area (Å²) in [4.78, 5) is 27.9. The van der Waals surface area contributed by atoms with Gasteiger partial charge < -0.3 is 9.73 Å². The molecule has 0 radical (unpaired) electrons. The van der Waals surface area contributed by atoms with Gasteiger partial charge in [0.2, 0.25) is 0 Å². The largest absolute Gasteiger partial charge is 0.441 e. The van der Waals surface area contributed by atoms with Crippen molar-refractivity contribution in [1.29, 1.82) is 0 Å². The van der Waals surface area contributed by atoms with Crippen LogP contribution in [0.1, 0.15) is 16.2 Å². The van der Waals surface area contributed by atoms with Gasteiger partial charge in [-0.25, -0.2) is 18.7 Å². The normalized spacial score (nSPS) is 11.0. The van der Waals surface area contributed by atoms with Crippen molar-refractivity contribution in [3.63, 3.8) is 0 Å². The minimum absolute atomic E-state index is 0.0112. The third-order valence-corrected chi connectivity index (χ3v) is 4.15. The van der Waals surface area contributed by atoms with Crippen molar-refractivity contribution in [2.45, 2.75) is 6.92 Å². The van der Waals surface area contributed by atoms with Crippen LogP contribution in [0, 0.1) is 18.6 Å². The highest BCUT2D eigenvalue weighted by Gasteiger charge is 2.18.